The van der Waals surface area contributed by atoms with Gasteiger partial charge in [0.05, 0.1) is 5.56 Å². The lowest BCUT2D eigenvalue weighted by molar-refractivity contribution is 0.0976. The molecule has 108 valence electrons. The highest BCUT2D eigenvalue weighted by Gasteiger charge is 2.41. The van der Waals surface area contributed by atoms with Crippen molar-refractivity contribution < 1.29 is 17.4 Å². The Morgan fingerprint density at radius 3 is 2.52 bits per heavy atom. The van der Waals surface area contributed by atoms with Crippen molar-refractivity contribution in [1.29, 1.82) is 0 Å². The number of benzene rings is 2. The van der Waals surface area contributed by atoms with E-state index in [0.29, 0.717) is 5.02 Å². The maximum atomic E-state index is 12.5. The van der Waals surface area contributed by atoms with Gasteiger partial charge in [-0.2, -0.15) is 8.42 Å². The topological polar surface area (TPSA) is 60.4 Å². The fourth-order valence-electron chi connectivity index (χ4n) is 2.28. The van der Waals surface area contributed by atoms with E-state index in [1.165, 1.54) is 18.2 Å². The van der Waals surface area contributed by atoms with Crippen molar-refractivity contribution in [2.24, 2.45) is 0 Å². The van der Waals surface area contributed by atoms with Crippen molar-refractivity contribution in [3.63, 3.8) is 0 Å². The fourth-order valence-corrected chi connectivity index (χ4v) is 3.75. The normalized spacial score (nSPS) is 19.7. The van der Waals surface area contributed by atoms with Crippen LogP contribution < -0.4 is 4.18 Å². The Hall–Kier alpha value is -1.85. The van der Waals surface area contributed by atoms with Gasteiger partial charge in [-0.1, -0.05) is 41.9 Å². The molecule has 21 heavy (non-hydrogen) atoms. The average Bonchev–Trinajstić information content (AvgIpc) is 2.45. The lowest BCUT2D eigenvalue weighted by atomic mass is 10.0. The molecule has 1 unspecified atom stereocenters. The Kier molecular flexibility index (Phi) is 3.47. The SMILES string of the molecule is O=C1c2cc(Cl)ccc2OS(=O)(=O)C1Cc1ccccc1. The molecule has 1 aliphatic rings. The first-order valence-corrected chi connectivity index (χ1v) is 8.13. The van der Waals surface area contributed by atoms with Crippen molar-refractivity contribution in [3.05, 3.63) is 64.7 Å². The number of carbonyl (C=O) groups is 1. The highest BCUT2D eigenvalue weighted by atomic mass is 35.5. The summed E-state index contributed by atoms with van der Waals surface area (Å²) in [5.74, 6) is -0.448. The molecule has 0 saturated heterocycles. The highest BCUT2D eigenvalue weighted by Crippen LogP contribution is 2.33. The lowest BCUT2D eigenvalue weighted by Crippen LogP contribution is -2.39. The van der Waals surface area contributed by atoms with Gasteiger partial charge in [-0.25, -0.2) is 0 Å². The summed E-state index contributed by atoms with van der Waals surface area (Å²) < 4.78 is 29.4. The van der Waals surface area contributed by atoms with E-state index in [1.54, 1.807) is 24.3 Å². The van der Waals surface area contributed by atoms with Gasteiger partial charge in [0, 0.05) is 11.4 Å². The third-order valence-electron chi connectivity index (χ3n) is 3.32. The second kappa shape index (κ2) is 5.16. The minimum Gasteiger partial charge on any atom is -0.381 e. The molecule has 0 aromatic heterocycles. The van der Waals surface area contributed by atoms with Crippen LogP contribution in [0.2, 0.25) is 5.02 Å². The summed E-state index contributed by atoms with van der Waals surface area (Å²) in [6, 6.07) is 13.3. The largest absolute Gasteiger partial charge is 0.381 e. The Labute approximate surface area is 127 Å². The van der Waals surface area contributed by atoms with Gasteiger partial charge in [-0.3, -0.25) is 4.79 Å². The Balaban J connectivity index is 2.03. The van der Waals surface area contributed by atoms with E-state index in [2.05, 4.69) is 0 Å². The Bertz CT molecular complexity index is 800. The summed E-state index contributed by atoms with van der Waals surface area (Å²) >= 11 is 5.86. The minimum absolute atomic E-state index is 0.0358. The van der Waals surface area contributed by atoms with Crippen LogP contribution in [0, 0.1) is 0 Å². The molecule has 0 aliphatic carbocycles. The molecule has 0 radical (unpaired) electrons. The number of fused-ring (bicyclic) bond motifs is 1. The van der Waals surface area contributed by atoms with E-state index >= 15 is 0 Å². The zero-order valence-corrected chi connectivity index (χ0v) is 12.4. The lowest BCUT2D eigenvalue weighted by Gasteiger charge is -2.23. The van der Waals surface area contributed by atoms with Crippen LogP contribution in [0.5, 0.6) is 5.75 Å². The molecule has 0 bridgehead atoms. The predicted octanol–water partition coefficient (Wildman–Crippen LogP) is 2.86. The number of hydrogen-bond acceptors (Lipinski definition) is 4. The maximum absolute atomic E-state index is 12.5. The van der Waals surface area contributed by atoms with E-state index in [9.17, 15) is 13.2 Å². The van der Waals surface area contributed by atoms with Gasteiger partial charge < -0.3 is 4.18 Å². The van der Waals surface area contributed by atoms with Crippen molar-refractivity contribution in [2.45, 2.75) is 11.7 Å². The molecule has 2 aromatic rings. The minimum atomic E-state index is -3.99. The molecule has 3 rings (SSSR count). The molecule has 1 aliphatic heterocycles. The summed E-state index contributed by atoms with van der Waals surface area (Å²) in [6.45, 7) is 0. The van der Waals surface area contributed by atoms with Gasteiger partial charge in [0.1, 0.15) is 0 Å². The van der Waals surface area contributed by atoms with Gasteiger partial charge in [0.15, 0.2) is 16.8 Å². The van der Waals surface area contributed by atoms with E-state index in [1.807, 2.05) is 6.07 Å². The van der Waals surface area contributed by atoms with Gasteiger partial charge >= 0.3 is 10.1 Å². The monoisotopic (exact) mass is 322 g/mol. The molecule has 0 spiro atoms. The van der Waals surface area contributed by atoms with Crippen LogP contribution in [0.4, 0.5) is 0 Å². The van der Waals surface area contributed by atoms with Crippen LogP contribution in [-0.2, 0) is 16.5 Å². The zero-order valence-electron chi connectivity index (χ0n) is 10.8. The molecule has 4 nitrogen and oxygen atoms in total. The van der Waals surface area contributed by atoms with Gasteiger partial charge in [0.25, 0.3) is 0 Å². The third-order valence-corrected chi connectivity index (χ3v) is 5.04. The summed E-state index contributed by atoms with van der Waals surface area (Å²) in [6.07, 6.45) is 0.0773. The first-order valence-electron chi connectivity index (χ1n) is 6.28. The molecular weight excluding hydrogens is 312 g/mol. The van der Waals surface area contributed by atoms with E-state index < -0.39 is 21.2 Å². The zero-order chi connectivity index (χ0) is 15.0. The van der Waals surface area contributed by atoms with Crippen molar-refractivity contribution in [2.75, 3.05) is 0 Å². The third kappa shape index (κ3) is 2.66. The number of Topliss-reactive ketones (excluding diaryl/α,β-unsaturated/α-hetero) is 1. The average molecular weight is 323 g/mol. The standard InChI is InChI=1S/C15H11ClO4S/c16-11-6-7-13-12(9-11)15(17)14(21(18,19)20-13)8-10-4-2-1-3-5-10/h1-7,9,14H,8H2. The highest BCUT2D eigenvalue weighted by molar-refractivity contribution is 7.88. The second-order valence-electron chi connectivity index (χ2n) is 4.76. The van der Waals surface area contributed by atoms with Gasteiger partial charge in [0.2, 0.25) is 0 Å². The number of halogens is 1. The fraction of sp³-hybridized carbons (Fsp3) is 0.133. The van der Waals surface area contributed by atoms with Crippen molar-refractivity contribution >= 4 is 27.5 Å². The summed E-state index contributed by atoms with van der Waals surface area (Å²) in [5, 5.41) is -0.880. The van der Waals surface area contributed by atoms with Crippen LogP contribution in [0.3, 0.4) is 0 Å². The van der Waals surface area contributed by atoms with E-state index in [-0.39, 0.29) is 17.7 Å². The van der Waals surface area contributed by atoms with Gasteiger partial charge in [-0.15, -0.1) is 0 Å². The molecule has 6 heteroatoms. The number of hydrogen-bond donors (Lipinski definition) is 0. The first kappa shape index (κ1) is 14.1. The van der Waals surface area contributed by atoms with Crippen LogP contribution in [0.1, 0.15) is 15.9 Å². The summed E-state index contributed by atoms with van der Waals surface area (Å²) in [4.78, 5) is 12.5. The predicted molar refractivity (Wildman–Crippen MR) is 79.3 cm³/mol. The van der Waals surface area contributed by atoms with Crippen LogP contribution in [0.25, 0.3) is 0 Å². The first-order chi connectivity index (χ1) is 9.97. The molecule has 0 N–H and O–H groups in total. The Morgan fingerprint density at radius 2 is 1.81 bits per heavy atom. The van der Waals surface area contributed by atoms with Gasteiger partial charge in [-0.05, 0) is 23.8 Å². The summed E-state index contributed by atoms with van der Waals surface area (Å²) in [5.41, 5.74) is 0.965. The molecule has 1 atom stereocenters. The van der Waals surface area contributed by atoms with Crippen LogP contribution >= 0.6 is 11.6 Å². The Morgan fingerprint density at radius 1 is 1.10 bits per heavy atom. The molecular formula is C15H11ClO4S. The van der Waals surface area contributed by atoms with Crippen molar-refractivity contribution in [3.8, 4) is 5.75 Å². The van der Waals surface area contributed by atoms with Crippen LogP contribution in [0.15, 0.2) is 48.5 Å². The number of ketones is 1. The molecule has 2 aromatic carbocycles. The number of carbonyl (C=O) groups excluding carboxylic acids is 1. The molecule has 1 heterocycles. The maximum Gasteiger partial charge on any atom is 0.320 e. The molecule has 0 fully saturated rings. The second-order valence-corrected chi connectivity index (χ2v) is 6.92. The number of rotatable bonds is 2. The van der Waals surface area contributed by atoms with E-state index in [0.717, 1.165) is 5.56 Å². The van der Waals surface area contributed by atoms with Crippen LogP contribution in [-0.4, -0.2) is 19.5 Å². The van der Waals surface area contributed by atoms with Crippen molar-refractivity contribution in [1.82, 2.24) is 0 Å². The quantitative estimate of drug-likeness (QED) is 0.798. The molecule has 0 saturated carbocycles. The molecule has 0 amide bonds. The smallest absolute Gasteiger partial charge is 0.320 e. The summed E-state index contributed by atoms with van der Waals surface area (Å²) in [7, 11) is -3.99. The van der Waals surface area contributed by atoms with E-state index in [4.69, 9.17) is 15.8 Å².